The molecule has 1 unspecified atom stereocenters. The molecule has 0 saturated carbocycles. The minimum Gasteiger partial charge on any atom is -0.379 e. The van der Waals surface area contributed by atoms with Gasteiger partial charge in [-0.25, -0.2) is 8.78 Å². The Balaban J connectivity index is 1.42. The first-order chi connectivity index (χ1) is 12.1. The minimum absolute atomic E-state index is 0.213. The Morgan fingerprint density at radius 3 is 2.64 bits per heavy atom. The summed E-state index contributed by atoms with van der Waals surface area (Å²) in [5, 5.41) is 6.65. The summed E-state index contributed by atoms with van der Waals surface area (Å²) in [6.07, 6.45) is -0.312. The number of rotatable bonds is 4. The van der Waals surface area contributed by atoms with Crippen LogP contribution in [0.25, 0.3) is 11.4 Å². The van der Waals surface area contributed by atoms with Crippen LogP contribution >= 0.6 is 0 Å². The summed E-state index contributed by atoms with van der Waals surface area (Å²) >= 11 is 0. The third-order valence-electron chi connectivity index (χ3n) is 4.57. The van der Waals surface area contributed by atoms with E-state index in [0.717, 1.165) is 38.4 Å². The number of hydrogen-bond acceptors (Lipinski definition) is 6. The predicted octanol–water partition coefficient (Wildman–Crippen LogP) is 2.24. The summed E-state index contributed by atoms with van der Waals surface area (Å²) < 4.78 is 37.1. The van der Waals surface area contributed by atoms with E-state index in [1.165, 1.54) is 5.56 Å². The van der Waals surface area contributed by atoms with E-state index in [2.05, 4.69) is 20.4 Å². The van der Waals surface area contributed by atoms with E-state index in [1.54, 1.807) is 0 Å². The maximum Gasteiger partial charge on any atom is 0.262 e. The average molecular weight is 350 g/mol. The maximum atomic E-state index is 13.3. The maximum absolute atomic E-state index is 13.3. The minimum atomic E-state index is -2.72. The van der Waals surface area contributed by atoms with Gasteiger partial charge in [-0.3, -0.25) is 10.2 Å². The standard InChI is InChI=1S/C17H20F2N4O2/c18-17(19)9-14(20-11-17)16-21-15(22-25-16)13-3-1-12(2-4-13)10-23-5-7-24-8-6-23/h1-4,14,20H,5-11H2. The van der Waals surface area contributed by atoms with Crippen LogP contribution in [0.15, 0.2) is 28.8 Å². The second kappa shape index (κ2) is 6.78. The number of hydrogen-bond donors (Lipinski definition) is 1. The van der Waals surface area contributed by atoms with Crippen molar-refractivity contribution in [2.45, 2.75) is 24.9 Å². The van der Waals surface area contributed by atoms with Gasteiger partial charge in [0.15, 0.2) is 0 Å². The lowest BCUT2D eigenvalue weighted by molar-refractivity contribution is 0.0200. The zero-order valence-corrected chi connectivity index (χ0v) is 13.8. The molecule has 2 fully saturated rings. The fraction of sp³-hybridized carbons (Fsp3) is 0.529. The van der Waals surface area contributed by atoms with Crippen molar-refractivity contribution < 1.29 is 18.0 Å². The zero-order chi connectivity index (χ0) is 17.3. The van der Waals surface area contributed by atoms with Crippen molar-refractivity contribution in [3.8, 4) is 11.4 Å². The fourth-order valence-electron chi connectivity index (χ4n) is 3.16. The van der Waals surface area contributed by atoms with Crippen LogP contribution in [0.2, 0.25) is 0 Å². The Labute approximate surface area is 144 Å². The summed E-state index contributed by atoms with van der Waals surface area (Å²) in [6, 6.07) is 7.34. The lowest BCUT2D eigenvalue weighted by Crippen LogP contribution is -2.35. The van der Waals surface area contributed by atoms with Crippen molar-refractivity contribution >= 4 is 0 Å². The molecule has 0 aliphatic carbocycles. The van der Waals surface area contributed by atoms with Gasteiger partial charge in [0, 0.05) is 31.6 Å². The van der Waals surface area contributed by atoms with E-state index >= 15 is 0 Å². The van der Waals surface area contributed by atoms with Gasteiger partial charge in [-0.2, -0.15) is 4.98 Å². The van der Waals surface area contributed by atoms with Crippen LogP contribution in [0.3, 0.4) is 0 Å². The van der Waals surface area contributed by atoms with Crippen LogP contribution < -0.4 is 5.32 Å². The Hall–Kier alpha value is -1.90. The van der Waals surface area contributed by atoms with E-state index in [-0.39, 0.29) is 18.9 Å². The molecular formula is C17H20F2N4O2. The van der Waals surface area contributed by atoms with Gasteiger partial charge >= 0.3 is 0 Å². The highest BCUT2D eigenvalue weighted by Crippen LogP contribution is 2.33. The van der Waals surface area contributed by atoms with Crippen LogP contribution in [0.4, 0.5) is 8.78 Å². The molecule has 8 heteroatoms. The van der Waals surface area contributed by atoms with Crippen molar-refractivity contribution in [3.63, 3.8) is 0 Å². The average Bonchev–Trinajstić information content (AvgIpc) is 3.23. The summed E-state index contributed by atoms with van der Waals surface area (Å²) in [7, 11) is 0. The van der Waals surface area contributed by atoms with E-state index in [0.29, 0.717) is 5.82 Å². The Kier molecular flexibility index (Phi) is 4.49. The van der Waals surface area contributed by atoms with E-state index in [9.17, 15) is 8.78 Å². The van der Waals surface area contributed by atoms with E-state index in [1.807, 2.05) is 24.3 Å². The molecule has 0 bridgehead atoms. The van der Waals surface area contributed by atoms with Crippen LogP contribution in [0.5, 0.6) is 0 Å². The number of aromatic nitrogens is 2. The van der Waals surface area contributed by atoms with E-state index in [4.69, 9.17) is 9.26 Å². The molecule has 1 atom stereocenters. The summed E-state index contributed by atoms with van der Waals surface area (Å²) in [4.78, 5) is 6.62. The molecule has 2 aliphatic rings. The quantitative estimate of drug-likeness (QED) is 0.912. The van der Waals surface area contributed by atoms with Gasteiger partial charge in [0.25, 0.3) is 5.92 Å². The SMILES string of the molecule is FC1(F)CNC(c2nc(-c3ccc(CN4CCOCC4)cc3)no2)C1. The molecule has 0 amide bonds. The van der Waals surface area contributed by atoms with Crippen molar-refractivity contribution in [2.24, 2.45) is 0 Å². The van der Waals surface area contributed by atoms with Gasteiger partial charge in [-0.15, -0.1) is 0 Å². The van der Waals surface area contributed by atoms with Crippen LogP contribution in [-0.2, 0) is 11.3 Å². The summed E-state index contributed by atoms with van der Waals surface area (Å²) in [5.41, 5.74) is 2.01. The summed E-state index contributed by atoms with van der Waals surface area (Å²) in [6.45, 7) is 3.95. The van der Waals surface area contributed by atoms with Gasteiger partial charge in [-0.05, 0) is 5.56 Å². The molecule has 0 radical (unpaired) electrons. The lowest BCUT2D eigenvalue weighted by Gasteiger charge is -2.26. The fourth-order valence-corrected chi connectivity index (χ4v) is 3.16. The number of ether oxygens (including phenoxy) is 1. The molecule has 1 aromatic carbocycles. The summed E-state index contributed by atoms with van der Waals surface area (Å²) in [5.74, 6) is -2.09. The van der Waals surface area contributed by atoms with Crippen LogP contribution in [0, 0.1) is 0 Å². The molecule has 1 aromatic heterocycles. The van der Waals surface area contributed by atoms with Gasteiger partial charge in [0.1, 0.15) is 0 Å². The molecule has 2 aromatic rings. The predicted molar refractivity (Wildman–Crippen MR) is 86.1 cm³/mol. The van der Waals surface area contributed by atoms with Crippen molar-refractivity contribution in [2.75, 3.05) is 32.8 Å². The number of benzene rings is 1. The molecule has 25 heavy (non-hydrogen) atoms. The monoisotopic (exact) mass is 350 g/mol. The van der Waals surface area contributed by atoms with Crippen LogP contribution in [-0.4, -0.2) is 53.8 Å². The smallest absolute Gasteiger partial charge is 0.262 e. The van der Waals surface area contributed by atoms with E-state index < -0.39 is 12.0 Å². The van der Waals surface area contributed by atoms with Crippen LogP contribution in [0.1, 0.15) is 23.9 Å². The molecule has 0 spiro atoms. The molecular weight excluding hydrogens is 330 g/mol. The van der Waals surface area contributed by atoms with Crippen molar-refractivity contribution in [1.82, 2.24) is 20.4 Å². The molecule has 2 saturated heterocycles. The number of alkyl halides is 2. The Morgan fingerprint density at radius 1 is 1.20 bits per heavy atom. The second-order valence-corrected chi connectivity index (χ2v) is 6.54. The van der Waals surface area contributed by atoms with Gasteiger partial charge in [-0.1, -0.05) is 29.4 Å². The third-order valence-corrected chi connectivity index (χ3v) is 4.57. The first-order valence-electron chi connectivity index (χ1n) is 8.43. The Morgan fingerprint density at radius 2 is 1.96 bits per heavy atom. The first kappa shape index (κ1) is 16.6. The lowest BCUT2D eigenvalue weighted by atomic mass is 10.1. The molecule has 1 N–H and O–H groups in total. The number of halogens is 2. The Bertz CT molecular complexity index is 714. The molecule has 3 heterocycles. The third kappa shape index (κ3) is 3.86. The number of nitrogens with one attached hydrogen (secondary N) is 1. The van der Waals surface area contributed by atoms with Gasteiger partial charge in [0.05, 0.1) is 25.8 Å². The number of nitrogens with zero attached hydrogens (tertiary/aromatic N) is 3. The zero-order valence-electron chi connectivity index (χ0n) is 13.8. The first-order valence-corrected chi connectivity index (χ1v) is 8.43. The molecule has 4 rings (SSSR count). The van der Waals surface area contributed by atoms with Gasteiger partial charge in [0.2, 0.25) is 11.7 Å². The molecule has 2 aliphatic heterocycles. The molecule has 6 nitrogen and oxygen atoms in total. The van der Waals surface area contributed by atoms with Gasteiger partial charge < -0.3 is 9.26 Å². The second-order valence-electron chi connectivity index (χ2n) is 6.54. The largest absolute Gasteiger partial charge is 0.379 e. The van der Waals surface area contributed by atoms with Crippen molar-refractivity contribution in [1.29, 1.82) is 0 Å². The normalized spacial score (nSPS) is 23.8. The number of morpholine rings is 1. The highest BCUT2D eigenvalue weighted by atomic mass is 19.3. The topological polar surface area (TPSA) is 63.4 Å². The highest BCUT2D eigenvalue weighted by Gasteiger charge is 2.42. The highest BCUT2D eigenvalue weighted by molar-refractivity contribution is 5.54. The van der Waals surface area contributed by atoms with Crippen molar-refractivity contribution in [3.05, 3.63) is 35.7 Å². The molecule has 134 valence electrons.